The lowest BCUT2D eigenvalue weighted by Gasteiger charge is -2.07. The van der Waals surface area contributed by atoms with Crippen LogP contribution in [0.4, 0.5) is 0 Å². The Morgan fingerprint density at radius 2 is 2.11 bits per heavy atom. The smallest absolute Gasteiger partial charge is 0.0491 e. The van der Waals surface area contributed by atoms with Crippen molar-refractivity contribution in [2.45, 2.75) is 13.1 Å². The van der Waals surface area contributed by atoms with Gasteiger partial charge in [-0.25, -0.2) is 0 Å². The fraction of sp³-hybridized carbons (Fsp3) is 0.188. The molecule has 0 fully saturated rings. The van der Waals surface area contributed by atoms with Crippen molar-refractivity contribution in [1.82, 2.24) is 14.9 Å². The van der Waals surface area contributed by atoms with Gasteiger partial charge in [-0.2, -0.15) is 0 Å². The summed E-state index contributed by atoms with van der Waals surface area (Å²) in [6.45, 7) is 1.76. The van der Waals surface area contributed by atoms with Gasteiger partial charge in [-0.3, -0.25) is 4.98 Å². The Morgan fingerprint density at radius 3 is 2.89 bits per heavy atom. The third-order valence-electron chi connectivity index (χ3n) is 3.35. The number of hydrogen-bond acceptors (Lipinski definition) is 2. The summed E-state index contributed by atoms with van der Waals surface area (Å²) in [6, 6.07) is 12.7. The maximum Gasteiger partial charge on any atom is 0.0491 e. The first kappa shape index (κ1) is 11.9. The van der Waals surface area contributed by atoms with Gasteiger partial charge in [0.2, 0.25) is 0 Å². The molecule has 0 saturated carbocycles. The highest BCUT2D eigenvalue weighted by Crippen LogP contribution is 2.21. The van der Waals surface area contributed by atoms with Crippen molar-refractivity contribution in [2.24, 2.45) is 0 Å². The summed E-state index contributed by atoms with van der Waals surface area (Å²) < 4.78 is 2.27. The van der Waals surface area contributed by atoms with Crippen molar-refractivity contribution in [3.8, 4) is 0 Å². The van der Waals surface area contributed by atoms with Gasteiger partial charge in [0.05, 0.1) is 0 Å². The molecule has 96 valence electrons. The first-order chi connectivity index (χ1) is 9.38. The molecule has 3 rings (SSSR count). The molecule has 0 unspecified atom stereocenters. The molecule has 2 heterocycles. The Bertz CT molecular complexity index is 671. The zero-order valence-corrected chi connectivity index (χ0v) is 11.0. The molecule has 1 N–H and O–H groups in total. The molecule has 0 bridgehead atoms. The first-order valence-corrected chi connectivity index (χ1v) is 6.49. The van der Waals surface area contributed by atoms with Crippen LogP contribution in [0.1, 0.15) is 11.1 Å². The number of nitrogens with zero attached hydrogens (tertiary/aromatic N) is 2. The highest BCUT2D eigenvalue weighted by atomic mass is 15.0. The molecule has 19 heavy (non-hydrogen) atoms. The summed E-state index contributed by atoms with van der Waals surface area (Å²) in [5.74, 6) is 0. The van der Waals surface area contributed by atoms with Gasteiger partial charge in [0.15, 0.2) is 0 Å². The lowest BCUT2D eigenvalue weighted by Crippen LogP contribution is -2.05. The monoisotopic (exact) mass is 251 g/mol. The van der Waals surface area contributed by atoms with E-state index in [4.69, 9.17) is 0 Å². The predicted octanol–water partition coefficient (Wildman–Crippen LogP) is 2.80. The van der Waals surface area contributed by atoms with Gasteiger partial charge in [-0.05, 0) is 36.4 Å². The van der Waals surface area contributed by atoms with E-state index in [0.717, 1.165) is 13.1 Å². The number of fused-ring (bicyclic) bond motifs is 1. The van der Waals surface area contributed by atoms with Crippen LogP contribution in [-0.4, -0.2) is 16.6 Å². The van der Waals surface area contributed by atoms with Crippen LogP contribution < -0.4 is 5.32 Å². The quantitative estimate of drug-likeness (QED) is 0.772. The van der Waals surface area contributed by atoms with Crippen LogP contribution in [0.25, 0.3) is 10.9 Å². The fourth-order valence-electron chi connectivity index (χ4n) is 2.46. The van der Waals surface area contributed by atoms with Crippen LogP contribution in [0.3, 0.4) is 0 Å². The summed E-state index contributed by atoms with van der Waals surface area (Å²) >= 11 is 0. The van der Waals surface area contributed by atoms with Crippen molar-refractivity contribution in [3.63, 3.8) is 0 Å². The van der Waals surface area contributed by atoms with E-state index >= 15 is 0 Å². The summed E-state index contributed by atoms with van der Waals surface area (Å²) in [5, 5.41) is 4.54. The maximum absolute atomic E-state index is 4.17. The second-order valence-corrected chi connectivity index (χ2v) is 4.69. The Balaban J connectivity index is 1.99. The van der Waals surface area contributed by atoms with Crippen LogP contribution in [0, 0.1) is 0 Å². The second kappa shape index (κ2) is 5.24. The van der Waals surface area contributed by atoms with E-state index in [9.17, 15) is 0 Å². The number of pyridine rings is 1. The molecule has 3 heteroatoms. The van der Waals surface area contributed by atoms with E-state index < -0.39 is 0 Å². The second-order valence-electron chi connectivity index (χ2n) is 4.69. The molecule has 0 atom stereocenters. The van der Waals surface area contributed by atoms with E-state index in [0.29, 0.717) is 0 Å². The van der Waals surface area contributed by atoms with Crippen LogP contribution in [0.15, 0.2) is 55.0 Å². The van der Waals surface area contributed by atoms with Crippen molar-refractivity contribution in [1.29, 1.82) is 0 Å². The largest absolute Gasteiger partial charge is 0.343 e. The van der Waals surface area contributed by atoms with Gasteiger partial charge >= 0.3 is 0 Å². The average Bonchev–Trinajstić information content (AvgIpc) is 2.85. The van der Waals surface area contributed by atoms with Crippen molar-refractivity contribution < 1.29 is 0 Å². The maximum atomic E-state index is 4.17. The molecular weight excluding hydrogens is 234 g/mol. The minimum Gasteiger partial charge on any atom is -0.343 e. The highest BCUT2D eigenvalue weighted by Gasteiger charge is 2.05. The lowest BCUT2D eigenvalue weighted by molar-refractivity contribution is 0.820. The minimum atomic E-state index is 0.861. The van der Waals surface area contributed by atoms with Gasteiger partial charge in [0, 0.05) is 42.6 Å². The van der Waals surface area contributed by atoms with E-state index in [1.54, 1.807) is 0 Å². The Labute approximate surface area is 112 Å². The Morgan fingerprint density at radius 1 is 1.16 bits per heavy atom. The number of hydrogen-bond donors (Lipinski definition) is 1. The van der Waals surface area contributed by atoms with Crippen LogP contribution in [-0.2, 0) is 13.1 Å². The van der Waals surface area contributed by atoms with Gasteiger partial charge in [-0.1, -0.05) is 18.2 Å². The van der Waals surface area contributed by atoms with Crippen LogP contribution in [0.2, 0.25) is 0 Å². The molecule has 0 saturated heterocycles. The number of aromatic nitrogens is 2. The molecule has 2 aromatic heterocycles. The van der Waals surface area contributed by atoms with E-state index in [1.165, 1.54) is 22.0 Å². The van der Waals surface area contributed by atoms with E-state index in [2.05, 4.69) is 51.4 Å². The summed E-state index contributed by atoms with van der Waals surface area (Å²) in [4.78, 5) is 4.17. The van der Waals surface area contributed by atoms with E-state index in [-0.39, 0.29) is 0 Å². The summed E-state index contributed by atoms with van der Waals surface area (Å²) in [5.41, 5.74) is 3.83. The molecule has 0 aliphatic heterocycles. The number of nitrogens with one attached hydrogen (secondary N) is 1. The number of benzene rings is 1. The summed E-state index contributed by atoms with van der Waals surface area (Å²) in [7, 11) is 1.98. The van der Waals surface area contributed by atoms with Crippen molar-refractivity contribution >= 4 is 10.9 Å². The van der Waals surface area contributed by atoms with E-state index in [1.807, 2.05) is 25.5 Å². The number of rotatable bonds is 4. The average molecular weight is 251 g/mol. The van der Waals surface area contributed by atoms with Crippen LogP contribution >= 0.6 is 0 Å². The van der Waals surface area contributed by atoms with Gasteiger partial charge in [0.25, 0.3) is 0 Å². The molecule has 3 nitrogen and oxygen atoms in total. The standard InChI is InChI=1S/C16H17N3/c1-17-11-14-5-2-6-16-15(14)7-9-19(16)12-13-4-3-8-18-10-13/h2-10,17H,11-12H2,1H3. The Kier molecular flexibility index (Phi) is 3.29. The lowest BCUT2D eigenvalue weighted by atomic mass is 10.1. The SMILES string of the molecule is CNCc1cccc2c1ccn2Cc1cccnc1. The summed E-state index contributed by atoms with van der Waals surface area (Å²) in [6.07, 6.45) is 5.88. The minimum absolute atomic E-state index is 0.861. The van der Waals surface area contributed by atoms with Gasteiger partial charge < -0.3 is 9.88 Å². The highest BCUT2D eigenvalue weighted by molar-refractivity contribution is 5.83. The molecule has 1 aromatic carbocycles. The third-order valence-corrected chi connectivity index (χ3v) is 3.35. The molecular formula is C16H17N3. The van der Waals surface area contributed by atoms with Gasteiger partial charge in [-0.15, -0.1) is 0 Å². The van der Waals surface area contributed by atoms with Crippen molar-refractivity contribution in [3.05, 3.63) is 66.1 Å². The zero-order valence-electron chi connectivity index (χ0n) is 11.0. The molecule has 0 spiro atoms. The fourth-order valence-corrected chi connectivity index (χ4v) is 2.46. The molecule has 3 aromatic rings. The van der Waals surface area contributed by atoms with Crippen LogP contribution in [0.5, 0.6) is 0 Å². The third kappa shape index (κ3) is 2.37. The molecule has 0 amide bonds. The molecule has 0 aliphatic carbocycles. The van der Waals surface area contributed by atoms with Gasteiger partial charge in [0.1, 0.15) is 0 Å². The molecule has 0 radical (unpaired) electrons. The Hall–Kier alpha value is -2.13. The van der Waals surface area contributed by atoms with Crippen molar-refractivity contribution in [2.75, 3.05) is 7.05 Å². The molecule has 0 aliphatic rings. The normalized spacial score (nSPS) is 11.0. The topological polar surface area (TPSA) is 29.9 Å². The predicted molar refractivity (Wildman–Crippen MR) is 78.0 cm³/mol. The first-order valence-electron chi connectivity index (χ1n) is 6.49. The zero-order chi connectivity index (χ0) is 13.1.